The number of ether oxygens (including phenoxy) is 1. The standard InChI is InChI=1S/C15H21BrN2O2/c1-15(2,14(19)17-3)9-18-8-11-7-12(16)6-10-4-5-20-13(10)11/h6-7,18H,4-5,8-9H2,1-3H3,(H,17,19). The molecule has 5 heteroatoms. The van der Waals surface area contributed by atoms with Gasteiger partial charge in [0.25, 0.3) is 0 Å². The Kier molecular flexibility index (Phi) is 4.70. The van der Waals surface area contributed by atoms with Crippen LogP contribution in [0.1, 0.15) is 25.0 Å². The quantitative estimate of drug-likeness (QED) is 0.864. The largest absolute Gasteiger partial charge is 0.493 e. The molecule has 0 aromatic heterocycles. The molecule has 110 valence electrons. The monoisotopic (exact) mass is 340 g/mol. The van der Waals surface area contributed by atoms with Crippen molar-refractivity contribution in [2.24, 2.45) is 5.41 Å². The second-order valence-corrected chi connectivity index (χ2v) is 6.63. The minimum absolute atomic E-state index is 0.0423. The van der Waals surface area contributed by atoms with Crippen LogP contribution in [0.25, 0.3) is 0 Å². The summed E-state index contributed by atoms with van der Waals surface area (Å²) in [6.45, 7) is 5.93. The third kappa shape index (κ3) is 3.33. The lowest BCUT2D eigenvalue weighted by atomic mass is 9.92. The minimum atomic E-state index is -0.426. The van der Waals surface area contributed by atoms with Gasteiger partial charge in [-0.1, -0.05) is 15.9 Å². The van der Waals surface area contributed by atoms with E-state index < -0.39 is 5.41 Å². The Bertz CT molecular complexity index is 515. The summed E-state index contributed by atoms with van der Waals surface area (Å²) >= 11 is 3.53. The van der Waals surface area contributed by atoms with E-state index in [0.29, 0.717) is 13.1 Å². The Balaban J connectivity index is 2.00. The van der Waals surface area contributed by atoms with Crippen molar-refractivity contribution in [3.05, 3.63) is 27.7 Å². The summed E-state index contributed by atoms with van der Waals surface area (Å²) in [5, 5.41) is 6.05. The number of halogens is 1. The van der Waals surface area contributed by atoms with E-state index in [9.17, 15) is 4.79 Å². The zero-order chi connectivity index (χ0) is 14.8. The smallest absolute Gasteiger partial charge is 0.226 e. The molecule has 0 fully saturated rings. The van der Waals surface area contributed by atoms with Crippen LogP contribution in [0.3, 0.4) is 0 Å². The summed E-state index contributed by atoms with van der Waals surface area (Å²) in [6, 6.07) is 4.18. The average Bonchev–Trinajstić information content (AvgIpc) is 2.85. The lowest BCUT2D eigenvalue weighted by Crippen LogP contribution is -2.41. The third-order valence-electron chi connectivity index (χ3n) is 3.55. The fourth-order valence-corrected chi connectivity index (χ4v) is 2.96. The van der Waals surface area contributed by atoms with E-state index in [4.69, 9.17) is 4.74 Å². The van der Waals surface area contributed by atoms with Gasteiger partial charge in [-0.25, -0.2) is 0 Å². The van der Waals surface area contributed by atoms with E-state index in [0.717, 1.165) is 28.8 Å². The molecule has 1 amide bonds. The van der Waals surface area contributed by atoms with Crippen LogP contribution >= 0.6 is 15.9 Å². The Morgan fingerprint density at radius 2 is 2.20 bits per heavy atom. The Hall–Kier alpha value is -1.07. The number of nitrogens with one attached hydrogen (secondary N) is 2. The summed E-state index contributed by atoms with van der Waals surface area (Å²) in [5.74, 6) is 1.04. The van der Waals surface area contributed by atoms with Gasteiger partial charge in [-0.15, -0.1) is 0 Å². The van der Waals surface area contributed by atoms with Gasteiger partial charge >= 0.3 is 0 Å². The number of carbonyl (C=O) groups excluding carboxylic acids is 1. The second-order valence-electron chi connectivity index (χ2n) is 5.72. The van der Waals surface area contributed by atoms with E-state index >= 15 is 0 Å². The Morgan fingerprint density at radius 1 is 1.45 bits per heavy atom. The van der Waals surface area contributed by atoms with Gasteiger partial charge in [-0.05, 0) is 31.5 Å². The first kappa shape index (κ1) is 15.3. The summed E-state index contributed by atoms with van der Waals surface area (Å²) in [5.41, 5.74) is 1.96. The number of amides is 1. The van der Waals surface area contributed by atoms with Crippen molar-refractivity contribution < 1.29 is 9.53 Å². The molecule has 0 saturated heterocycles. The van der Waals surface area contributed by atoms with E-state index in [-0.39, 0.29) is 5.91 Å². The van der Waals surface area contributed by atoms with E-state index in [1.807, 2.05) is 13.8 Å². The van der Waals surface area contributed by atoms with Crippen molar-refractivity contribution in [3.8, 4) is 5.75 Å². The van der Waals surface area contributed by atoms with Gasteiger partial charge in [0, 0.05) is 36.6 Å². The number of rotatable bonds is 5. The maximum absolute atomic E-state index is 11.7. The number of carbonyl (C=O) groups is 1. The fourth-order valence-electron chi connectivity index (χ4n) is 2.41. The highest BCUT2D eigenvalue weighted by Crippen LogP contribution is 2.33. The summed E-state index contributed by atoms with van der Waals surface area (Å²) < 4.78 is 6.77. The molecule has 2 rings (SSSR count). The van der Waals surface area contributed by atoms with Gasteiger partial charge in [0.05, 0.1) is 12.0 Å². The average molecular weight is 341 g/mol. The van der Waals surface area contributed by atoms with Gasteiger partial charge in [-0.3, -0.25) is 4.79 Å². The van der Waals surface area contributed by atoms with Crippen LogP contribution in [0.4, 0.5) is 0 Å². The normalized spacial score (nSPS) is 13.8. The SMILES string of the molecule is CNC(=O)C(C)(C)CNCc1cc(Br)cc2c1OCC2. The van der Waals surface area contributed by atoms with Crippen molar-refractivity contribution >= 4 is 21.8 Å². The summed E-state index contributed by atoms with van der Waals surface area (Å²) in [4.78, 5) is 11.7. The number of benzene rings is 1. The summed E-state index contributed by atoms with van der Waals surface area (Å²) in [7, 11) is 1.67. The molecule has 1 aliphatic heterocycles. The van der Waals surface area contributed by atoms with Gasteiger partial charge in [0.15, 0.2) is 0 Å². The molecule has 2 N–H and O–H groups in total. The third-order valence-corrected chi connectivity index (χ3v) is 4.01. The first-order valence-electron chi connectivity index (χ1n) is 6.81. The highest BCUT2D eigenvalue weighted by atomic mass is 79.9. The van der Waals surface area contributed by atoms with Crippen LogP contribution in [0, 0.1) is 5.41 Å². The van der Waals surface area contributed by atoms with Crippen LogP contribution in [0.5, 0.6) is 5.75 Å². The maximum atomic E-state index is 11.7. The number of fused-ring (bicyclic) bond motifs is 1. The minimum Gasteiger partial charge on any atom is -0.493 e. The van der Waals surface area contributed by atoms with Crippen LogP contribution in [0.15, 0.2) is 16.6 Å². The van der Waals surface area contributed by atoms with Crippen molar-refractivity contribution in [1.82, 2.24) is 10.6 Å². The molecular weight excluding hydrogens is 320 g/mol. The molecule has 0 spiro atoms. The first-order valence-corrected chi connectivity index (χ1v) is 7.60. The highest BCUT2D eigenvalue weighted by molar-refractivity contribution is 9.10. The van der Waals surface area contributed by atoms with Crippen molar-refractivity contribution in [1.29, 1.82) is 0 Å². The molecule has 1 heterocycles. The Morgan fingerprint density at radius 3 is 2.90 bits per heavy atom. The predicted octanol–water partition coefficient (Wildman–Crippen LogP) is 2.25. The predicted molar refractivity (Wildman–Crippen MR) is 82.9 cm³/mol. The number of hydrogen-bond donors (Lipinski definition) is 2. The van der Waals surface area contributed by atoms with Crippen molar-refractivity contribution in [2.45, 2.75) is 26.8 Å². The fraction of sp³-hybridized carbons (Fsp3) is 0.533. The van der Waals surface area contributed by atoms with E-state index in [1.54, 1.807) is 7.05 Å². The maximum Gasteiger partial charge on any atom is 0.226 e. The molecule has 0 saturated carbocycles. The molecule has 0 unspecified atom stereocenters. The molecular formula is C15H21BrN2O2. The molecule has 1 aromatic carbocycles. The van der Waals surface area contributed by atoms with Crippen LogP contribution < -0.4 is 15.4 Å². The molecule has 4 nitrogen and oxygen atoms in total. The van der Waals surface area contributed by atoms with Crippen molar-refractivity contribution in [2.75, 3.05) is 20.2 Å². The van der Waals surface area contributed by atoms with E-state index in [2.05, 4.69) is 38.7 Å². The van der Waals surface area contributed by atoms with Crippen LogP contribution in [0.2, 0.25) is 0 Å². The molecule has 1 aromatic rings. The van der Waals surface area contributed by atoms with Crippen LogP contribution in [-0.2, 0) is 17.8 Å². The zero-order valence-electron chi connectivity index (χ0n) is 12.2. The van der Waals surface area contributed by atoms with E-state index in [1.165, 1.54) is 5.56 Å². The highest BCUT2D eigenvalue weighted by Gasteiger charge is 2.26. The molecule has 0 radical (unpaired) electrons. The van der Waals surface area contributed by atoms with Gasteiger partial charge in [0.2, 0.25) is 5.91 Å². The molecule has 0 atom stereocenters. The summed E-state index contributed by atoms with van der Waals surface area (Å²) in [6.07, 6.45) is 0.964. The lowest BCUT2D eigenvalue weighted by molar-refractivity contribution is -0.128. The van der Waals surface area contributed by atoms with Crippen molar-refractivity contribution in [3.63, 3.8) is 0 Å². The number of hydrogen-bond acceptors (Lipinski definition) is 3. The Labute approximate surface area is 128 Å². The van der Waals surface area contributed by atoms with Crippen LogP contribution in [-0.4, -0.2) is 26.1 Å². The lowest BCUT2D eigenvalue weighted by Gasteiger charge is -2.23. The molecule has 0 bridgehead atoms. The molecule has 1 aliphatic rings. The van der Waals surface area contributed by atoms with Gasteiger partial charge in [-0.2, -0.15) is 0 Å². The van der Waals surface area contributed by atoms with Gasteiger partial charge < -0.3 is 15.4 Å². The molecule has 20 heavy (non-hydrogen) atoms. The molecule has 0 aliphatic carbocycles. The topological polar surface area (TPSA) is 50.4 Å². The van der Waals surface area contributed by atoms with Gasteiger partial charge in [0.1, 0.15) is 5.75 Å². The second kappa shape index (κ2) is 6.14. The first-order chi connectivity index (χ1) is 9.44. The zero-order valence-corrected chi connectivity index (χ0v) is 13.8.